The van der Waals surface area contributed by atoms with Gasteiger partial charge in [0, 0.05) is 6.42 Å². The standard InChI is InChI=1S/C5H16NO9P3/c1-2-6-5(17(10,11)12,18(13,14)15)3-4-16(7,8)9/h6H,2-4H2,1H3,(H2,7,8,9)(H2,10,11,12)(H2,13,14,15). The second-order valence-electron chi connectivity index (χ2n) is 3.57. The largest absolute Gasteiger partial charge is 0.357 e. The lowest BCUT2D eigenvalue weighted by Crippen LogP contribution is -2.45. The Balaban J connectivity index is 5.59. The highest BCUT2D eigenvalue weighted by Gasteiger charge is 2.60. The molecule has 0 amide bonds. The first-order chi connectivity index (χ1) is 7.77. The van der Waals surface area contributed by atoms with Crippen LogP contribution < -0.4 is 5.32 Å². The Bertz CT molecular complexity index is 396. The van der Waals surface area contributed by atoms with Crippen LogP contribution in [0.25, 0.3) is 0 Å². The summed E-state index contributed by atoms with van der Waals surface area (Å²) in [5.41, 5.74) is 0. The smallest absolute Gasteiger partial charge is 0.324 e. The van der Waals surface area contributed by atoms with Crippen molar-refractivity contribution in [1.82, 2.24) is 5.32 Å². The van der Waals surface area contributed by atoms with E-state index < -0.39 is 40.4 Å². The third-order valence-electron chi connectivity index (χ3n) is 2.18. The zero-order valence-corrected chi connectivity index (χ0v) is 12.1. The Kier molecular flexibility index (Phi) is 5.94. The van der Waals surface area contributed by atoms with Gasteiger partial charge in [-0.05, 0) is 6.54 Å². The number of hydrogen-bond acceptors (Lipinski definition) is 4. The Morgan fingerprint density at radius 3 is 1.56 bits per heavy atom. The molecule has 0 aliphatic rings. The van der Waals surface area contributed by atoms with E-state index in [9.17, 15) is 13.7 Å². The lowest BCUT2D eigenvalue weighted by molar-refractivity contribution is 0.283. The number of hydrogen-bond donors (Lipinski definition) is 7. The summed E-state index contributed by atoms with van der Waals surface area (Å²) < 4.78 is 33.3. The molecule has 0 aromatic heterocycles. The Hall–Kier alpha value is 0.410. The van der Waals surface area contributed by atoms with Crippen LogP contribution in [0, 0.1) is 0 Å². The van der Waals surface area contributed by atoms with E-state index in [1.165, 1.54) is 6.92 Å². The topological polar surface area (TPSA) is 185 Å². The average Bonchev–Trinajstić information content (AvgIpc) is 2.06. The van der Waals surface area contributed by atoms with Crippen LogP contribution in [0.4, 0.5) is 0 Å². The van der Waals surface area contributed by atoms with Crippen molar-refractivity contribution in [1.29, 1.82) is 0 Å². The van der Waals surface area contributed by atoms with Gasteiger partial charge in [-0.15, -0.1) is 0 Å². The van der Waals surface area contributed by atoms with Crippen molar-refractivity contribution < 1.29 is 43.1 Å². The quantitative estimate of drug-likeness (QED) is 0.291. The summed E-state index contributed by atoms with van der Waals surface area (Å²) in [4.78, 5) is 53.7. The van der Waals surface area contributed by atoms with E-state index >= 15 is 0 Å². The van der Waals surface area contributed by atoms with Crippen LogP contribution in [0.15, 0.2) is 0 Å². The molecule has 0 radical (unpaired) electrons. The predicted octanol–water partition coefficient (Wildman–Crippen LogP) is -0.827. The zero-order valence-electron chi connectivity index (χ0n) is 9.37. The molecule has 0 aromatic rings. The SMILES string of the molecule is CCNC(CCP(=O)(O)O)(P(=O)(O)O)P(=O)(O)O. The summed E-state index contributed by atoms with van der Waals surface area (Å²) in [6, 6.07) is 0. The first-order valence-corrected chi connectivity index (χ1v) is 9.70. The zero-order chi connectivity index (χ0) is 14.8. The van der Waals surface area contributed by atoms with Crippen molar-refractivity contribution in [2.24, 2.45) is 0 Å². The summed E-state index contributed by atoms with van der Waals surface area (Å²) in [5, 5.41) is -0.997. The molecule has 18 heavy (non-hydrogen) atoms. The normalized spacial score (nSPS) is 14.8. The molecular weight excluding hydrogens is 311 g/mol. The molecule has 0 rings (SSSR count). The minimum atomic E-state index is -5.35. The maximum absolute atomic E-state index is 11.3. The Labute approximate surface area is 103 Å². The highest BCUT2D eigenvalue weighted by atomic mass is 31.2. The van der Waals surface area contributed by atoms with Gasteiger partial charge in [0.05, 0.1) is 6.16 Å². The summed E-state index contributed by atoms with van der Waals surface area (Å²) in [7, 11) is -15.3. The van der Waals surface area contributed by atoms with Crippen molar-refractivity contribution in [2.75, 3.05) is 12.7 Å². The molecule has 13 heteroatoms. The maximum Gasteiger partial charge on any atom is 0.357 e. The molecule has 0 unspecified atom stereocenters. The second-order valence-corrected chi connectivity index (χ2v) is 9.41. The molecule has 10 nitrogen and oxygen atoms in total. The molecule has 0 atom stereocenters. The molecule has 110 valence electrons. The molecule has 0 saturated heterocycles. The van der Waals surface area contributed by atoms with Crippen molar-refractivity contribution in [3.05, 3.63) is 0 Å². The second kappa shape index (κ2) is 5.81. The van der Waals surface area contributed by atoms with Crippen LogP contribution in [-0.2, 0) is 13.7 Å². The molecule has 0 spiro atoms. The van der Waals surface area contributed by atoms with Crippen LogP contribution in [0.1, 0.15) is 13.3 Å². The fourth-order valence-corrected chi connectivity index (χ4v) is 5.21. The highest BCUT2D eigenvalue weighted by Crippen LogP contribution is 2.69. The van der Waals surface area contributed by atoms with Crippen molar-refractivity contribution in [3.63, 3.8) is 0 Å². The van der Waals surface area contributed by atoms with Crippen molar-refractivity contribution in [3.8, 4) is 0 Å². The van der Waals surface area contributed by atoms with Crippen molar-refractivity contribution >= 4 is 22.8 Å². The summed E-state index contributed by atoms with van der Waals surface area (Å²) in [6.45, 7) is 1.15. The summed E-state index contributed by atoms with van der Waals surface area (Å²) >= 11 is 0. The molecule has 0 bridgehead atoms. The van der Waals surface area contributed by atoms with E-state index in [4.69, 9.17) is 29.4 Å². The first-order valence-electron chi connectivity index (χ1n) is 4.68. The molecule has 7 N–H and O–H groups in total. The molecular formula is C5H16NO9P3. The Morgan fingerprint density at radius 2 is 1.33 bits per heavy atom. The number of rotatable bonds is 7. The van der Waals surface area contributed by atoms with Gasteiger partial charge in [-0.2, -0.15) is 0 Å². The van der Waals surface area contributed by atoms with Gasteiger partial charge in [-0.1, -0.05) is 6.92 Å². The summed E-state index contributed by atoms with van der Waals surface area (Å²) in [5.74, 6) is 0. The van der Waals surface area contributed by atoms with E-state index in [0.717, 1.165) is 0 Å². The van der Waals surface area contributed by atoms with Crippen LogP contribution >= 0.6 is 22.8 Å². The predicted molar refractivity (Wildman–Crippen MR) is 62.0 cm³/mol. The molecule has 0 saturated carbocycles. The van der Waals surface area contributed by atoms with Crippen LogP contribution in [0.5, 0.6) is 0 Å². The van der Waals surface area contributed by atoms with Gasteiger partial charge in [0.1, 0.15) is 0 Å². The number of nitrogens with one attached hydrogen (secondary N) is 1. The summed E-state index contributed by atoms with van der Waals surface area (Å²) in [6.07, 6.45) is -2.12. The fraction of sp³-hybridized carbons (Fsp3) is 1.00. The average molecular weight is 327 g/mol. The van der Waals surface area contributed by atoms with Crippen molar-refractivity contribution in [2.45, 2.75) is 18.4 Å². The lowest BCUT2D eigenvalue weighted by atomic mass is 10.4. The van der Waals surface area contributed by atoms with E-state index in [1.54, 1.807) is 0 Å². The van der Waals surface area contributed by atoms with Gasteiger partial charge in [-0.3, -0.25) is 19.0 Å². The third kappa shape index (κ3) is 4.51. The van der Waals surface area contributed by atoms with Gasteiger partial charge in [0.15, 0.2) is 0 Å². The fourth-order valence-electron chi connectivity index (χ4n) is 1.34. The van der Waals surface area contributed by atoms with E-state index in [-0.39, 0.29) is 6.54 Å². The van der Waals surface area contributed by atoms with E-state index in [1.807, 2.05) is 5.32 Å². The lowest BCUT2D eigenvalue weighted by Gasteiger charge is -2.35. The molecule has 0 aliphatic heterocycles. The molecule has 0 fully saturated rings. The van der Waals surface area contributed by atoms with Crippen LogP contribution in [0.3, 0.4) is 0 Å². The van der Waals surface area contributed by atoms with Gasteiger partial charge < -0.3 is 29.4 Å². The molecule has 0 aliphatic carbocycles. The first kappa shape index (κ1) is 18.4. The van der Waals surface area contributed by atoms with Gasteiger partial charge in [0.2, 0.25) is 5.02 Å². The Morgan fingerprint density at radius 1 is 0.944 bits per heavy atom. The molecule has 0 aromatic carbocycles. The van der Waals surface area contributed by atoms with Gasteiger partial charge in [0.25, 0.3) is 0 Å². The highest BCUT2D eigenvalue weighted by molar-refractivity contribution is 7.72. The minimum absolute atomic E-state index is 0.197. The third-order valence-corrected chi connectivity index (χ3v) is 7.24. The van der Waals surface area contributed by atoms with E-state index in [0.29, 0.717) is 0 Å². The monoisotopic (exact) mass is 327 g/mol. The molecule has 0 heterocycles. The van der Waals surface area contributed by atoms with Crippen LogP contribution in [0.2, 0.25) is 0 Å². The minimum Gasteiger partial charge on any atom is -0.324 e. The van der Waals surface area contributed by atoms with Gasteiger partial charge >= 0.3 is 22.8 Å². The van der Waals surface area contributed by atoms with E-state index in [2.05, 4.69) is 0 Å². The van der Waals surface area contributed by atoms with Gasteiger partial charge in [-0.25, -0.2) is 0 Å². The van der Waals surface area contributed by atoms with Crippen LogP contribution in [-0.4, -0.2) is 47.1 Å². The maximum atomic E-state index is 11.3.